The third-order valence-electron chi connectivity index (χ3n) is 1.91. The molecule has 0 aromatic rings. The molecule has 0 saturated heterocycles. The summed E-state index contributed by atoms with van der Waals surface area (Å²) in [6.45, 7) is 5.86. The zero-order valence-corrected chi connectivity index (χ0v) is 10.5. The smallest absolute Gasteiger partial charge is 0.250 e. The molecule has 0 aliphatic carbocycles. The molecular formula is C8H17ClN2O2S. The minimum Gasteiger partial charge on any atom is -0.250 e. The van der Waals surface area contributed by atoms with E-state index in [1.807, 2.05) is 25.9 Å². The highest BCUT2D eigenvalue weighted by molar-refractivity contribution is 8.16. The first-order valence-electron chi connectivity index (χ1n) is 4.35. The Kier molecular flexibility index (Phi) is 5.66. The molecule has 0 radical (unpaired) electrons. The molecule has 0 rings (SSSR count). The molecule has 0 fully saturated rings. The van der Waals surface area contributed by atoms with Crippen molar-refractivity contribution in [3.63, 3.8) is 0 Å². The van der Waals surface area contributed by atoms with Gasteiger partial charge in [0.15, 0.2) is 0 Å². The molecule has 0 aromatic heterocycles. The minimum atomic E-state index is -3.59. The highest BCUT2D eigenvalue weighted by atomic mass is 35.7. The summed E-state index contributed by atoms with van der Waals surface area (Å²) in [5, 5.41) is 1.82. The highest BCUT2D eigenvalue weighted by Gasteiger charge is 2.13. The standard InChI is InChI=1S/C8H17ClN2O2S/c1-5-8(14(9,12)13)6-10-11(4)7(2)3/h5,7,10H,6H2,1-4H3/b8-5+. The molecule has 1 N–H and O–H groups in total. The van der Waals surface area contributed by atoms with Crippen molar-refractivity contribution in [3.05, 3.63) is 11.0 Å². The van der Waals surface area contributed by atoms with Crippen LogP contribution in [0.1, 0.15) is 20.8 Å². The first kappa shape index (κ1) is 13.9. The monoisotopic (exact) mass is 240 g/mol. The summed E-state index contributed by atoms with van der Waals surface area (Å²) in [5.74, 6) is 0. The van der Waals surface area contributed by atoms with Gasteiger partial charge in [-0.15, -0.1) is 0 Å². The first-order chi connectivity index (χ1) is 6.29. The van der Waals surface area contributed by atoms with E-state index >= 15 is 0 Å². The van der Waals surface area contributed by atoms with Crippen molar-refractivity contribution in [1.82, 2.24) is 10.4 Å². The number of allylic oxidation sites excluding steroid dienone is 1. The molecule has 4 nitrogen and oxygen atoms in total. The van der Waals surface area contributed by atoms with Crippen molar-refractivity contribution in [2.24, 2.45) is 0 Å². The lowest BCUT2D eigenvalue weighted by molar-refractivity contribution is 0.196. The summed E-state index contributed by atoms with van der Waals surface area (Å²) < 4.78 is 22.0. The number of hydrogen-bond donors (Lipinski definition) is 1. The Morgan fingerprint density at radius 3 is 2.36 bits per heavy atom. The number of halogens is 1. The van der Waals surface area contributed by atoms with Gasteiger partial charge in [0.1, 0.15) is 0 Å². The maximum absolute atomic E-state index is 11.0. The summed E-state index contributed by atoms with van der Waals surface area (Å²) >= 11 is 0. The van der Waals surface area contributed by atoms with E-state index in [1.165, 1.54) is 6.08 Å². The Hall–Kier alpha value is -0.100. The Morgan fingerprint density at radius 2 is 2.07 bits per heavy atom. The maximum atomic E-state index is 11.0. The molecule has 6 heteroatoms. The summed E-state index contributed by atoms with van der Waals surface area (Å²) in [5.41, 5.74) is 2.94. The predicted molar refractivity (Wildman–Crippen MR) is 59.4 cm³/mol. The van der Waals surface area contributed by atoms with Crippen molar-refractivity contribution in [1.29, 1.82) is 0 Å². The molecule has 0 aromatic carbocycles. The SMILES string of the molecule is C/C=C(\CNN(C)C(C)C)S(=O)(=O)Cl. The largest absolute Gasteiger partial charge is 0.258 e. The average Bonchev–Trinajstić information content (AvgIpc) is 2.02. The summed E-state index contributed by atoms with van der Waals surface area (Å²) in [4.78, 5) is 0.187. The number of hydrogen-bond acceptors (Lipinski definition) is 4. The van der Waals surface area contributed by atoms with E-state index < -0.39 is 9.05 Å². The fourth-order valence-corrected chi connectivity index (χ4v) is 1.66. The fourth-order valence-electron chi connectivity index (χ4n) is 0.714. The van der Waals surface area contributed by atoms with E-state index in [1.54, 1.807) is 6.92 Å². The second-order valence-corrected chi connectivity index (χ2v) is 5.85. The van der Waals surface area contributed by atoms with E-state index in [2.05, 4.69) is 5.43 Å². The van der Waals surface area contributed by atoms with Crippen LogP contribution in [0.4, 0.5) is 0 Å². The second kappa shape index (κ2) is 5.70. The number of rotatable bonds is 5. The van der Waals surface area contributed by atoms with E-state index in [9.17, 15) is 8.42 Å². The summed E-state index contributed by atoms with van der Waals surface area (Å²) in [6, 6.07) is 0.297. The molecular weight excluding hydrogens is 224 g/mol. The Morgan fingerprint density at radius 1 is 1.57 bits per heavy atom. The summed E-state index contributed by atoms with van der Waals surface area (Å²) in [7, 11) is 3.46. The molecule has 0 aliphatic heterocycles. The Labute approximate surface area is 90.3 Å². The number of hydrazine groups is 1. The van der Waals surface area contributed by atoms with Crippen LogP contribution in [-0.4, -0.2) is 33.1 Å². The quantitative estimate of drug-likeness (QED) is 0.582. The second-order valence-electron chi connectivity index (χ2n) is 3.23. The lowest BCUT2D eigenvalue weighted by Gasteiger charge is -2.22. The van der Waals surface area contributed by atoms with Gasteiger partial charge < -0.3 is 0 Å². The van der Waals surface area contributed by atoms with E-state index in [-0.39, 0.29) is 11.4 Å². The topological polar surface area (TPSA) is 49.4 Å². The van der Waals surface area contributed by atoms with E-state index in [0.29, 0.717) is 6.04 Å². The lowest BCUT2D eigenvalue weighted by Crippen LogP contribution is -2.41. The third kappa shape index (κ3) is 4.95. The number of nitrogens with zero attached hydrogens (tertiary/aromatic N) is 1. The van der Waals surface area contributed by atoms with Gasteiger partial charge in [-0.1, -0.05) is 6.08 Å². The van der Waals surface area contributed by atoms with Gasteiger partial charge in [0.25, 0.3) is 9.05 Å². The highest BCUT2D eigenvalue weighted by Crippen LogP contribution is 2.10. The van der Waals surface area contributed by atoms with Gasteiger partial charge in [0.2, 0.25) is 0 Å². The van der Waals surface area contributed by atoms with E-state index in [0.717, 1.165) is 0 Å². The van der Waals surface area contributed by atoms with Crippen LogP contribution in [0.25, 0.3) is 0 Å². The van der Waals surface area contributed by atoms with Crippen molar-refractivity contribution in [2.45, 2.75) is 26.8 Å². The molecule has 0 heterocycles. The molecule has 0 bridgehead atoms. The van der Waals surface area contributed by atoms with Crippen molar-refractivity contribution < 1.29 is 8.42 Å². The Bertz CT molecular complexity index is 298. The van der Waals surface area contributed by atoms with Crippen LogP contribution in [0.15, 0.2) is 11.0 Å². The average molecular weight is 241 g/mol. The van der Waals surface area contributed by atoms with Crippen LogP contribution >= 0.6 is 10.7 Å². The molecule has 0 unspecified atom stereocenters. The van der Waals surface area contributed by atoms with Crippen LogP contribution in [-0.2, 0) is 9.05 Å². The van der Waals surface area contributed by atoms with Gasteiger partial charge in [0, 0.05) is 30.3 Å². The molecule has 0 spiro atoms. The van der Waals surface area contributed by atoms with Gasteiger partial charge in [0.05, 0.1) is 4.91 Å². The molecule has 0 saturated carbocycles. The Balaban J connectivity index is 4.26. The third-order valence-corrected chi connectivity index (χ3v) is 3.51. The molecule has 0 amide bonds. The fraction of sp³-hybridized carbons (Fsp3) is 0.750. The molecule has 0 aliphatic rings. The van der Waals surface area contributed by atoms with Crippen LogP contribution in [0.3, 0.4) is 0 Å². The van der Waals surface area contributed by atoms with Crippen LogP contribution in [0.2, 0.25) is 0 Å². The predicted octanol–water partition coefficient (Wildman–Crippen LogP) is 1.30. The van der Waals surface area contributed by atoms with E-state index in [4.69, 9.17) is 10.7 Å². The van der Waals surface area contributed by atoms with Gasteiger partial charge in [-0.2, -0.15) is 0 Å². The van der Waals surface area contributed by atoms with Crippen molar-refractivity contribution in [2.75, 3.05) is 13.6 Å². The van der Waals surface area contributed by atoms with Gasteiger partial charge in [-0.3, -0.25) is 5.43 Å². The first-order valence-corrected chi connectivity index (χ1v) is 6.66. The molecule has 0 atom stereocenters. The van der Waals surface area contributed by atoms with Gasteiger partial charge in [-0.25, -0.2) is 13.4 Å². The summed E-state index contributed by atoms with van der Waals surface area (Å²) in [6.07, 6.45) is 1.49. The normalized spacial score (nSPS) is 14.1. The van der Waals surface area contributed by atoms with Gasteiger partial charge >= 0.3 is 0 Å². The van der Waals surface area contributed by atoms with Crippen LogP contribution < -0.4 is 5.43 Å². The zero-order valence-electron chi connectivity index (χ0n) is 8.91. The lowest BCUT2D eigenvalue weighted by atomic mass is 10.4. The van der Waals surface area contributed by atoms with Crippen molar-refractivity contribution >= 4 is 19.7 Å². The van der Waals surface area contributed by atoms with Crippen LogP contribution in [0.5, 0.6) is 0 Å². The molecule has 14 heavy (non-hydrogen) atoms. The number of nitrogens with one attached hydrogen (secondary N) is 1. The van der Waals surface area contributed by atoms with Crippen LogP contribution in [0, 0.1) is 0 Å². The zero-order chi connectivity index (χ0) is 11.4. The maximum Gasteiger partial charge on any atom is 0.258 e. The molecule has 84 valence electrons. The van der Waals surface area contributed by atoms with Crippen molar-refractivity contribution in [3.8, 4) is 0 Å². The van der Waals surface area contributed by atoms with Gasteiger partial charge in [-0.05, 0) is 20.8 Å². The minimum absolute atomic E-state index is 0.187.